The first-order valence-corrected chi connectivity index (χ1v) is 9.04. The second-order valence-corrected chi connectivity index (χ2v) is 7.78. The molecule has 0 radical (unpaired) electrons. The maximum absolute atomic E-state index is 12.0. The molecule has 1 saturated heterocycles. The molecule has 0 aromatic rings. The topological polar surface area (TPSA) is 62.8 Å². The fourth-order valence-corrected chi connectivity index (χ4v) is 2.95. The van der Waals surface area contributed by atoms with Gasteiger partial charge < -0.3 is 25.0 Å². The predicted octanol–water partition coefficient (Wildman–Crippen LogP) is 1.91. The Morgan fingerprint density at radius 3 is 2.92 bits per heavy atom. The molecule has 2 N–H and O–H groups in total. The highest BCUT2D eigenvalue weighted by atomic mass is 16.6. The van der Waals surface area contributed by atoms with E-state index in [0.717, 1.165) is 45.7 Å². The second-order valence-electron chi connectivity index (χ2n) is 7.78. The van der Waals surface area contributed by atoms with Gasteiger partial charge in [-0.1, -0.05) is 11.6 Å². The lowest BCUT2D eigenvalue weighted by atomic mass is 10.1. The van der Waals surface area contributed by atoms with E-state index < -0.39 is 5.60 Å². The first-order chi connectivity index (χ1) is 11.3. The zero-order chi connectivity index (χ0) is 17.6. The van der Waals surface area contributed by atoms with Gasteiger partial charge in [-0.15, -0.1) is 0 Å². The van der Waals surface area contributed by atoms with Crippen molar-refractivity contribution in [3.8, 4) is 0 Å². The Labute approximate surface area is 145 Å². The maximum Gasteiger partial charge on any atom is 0.410 e. The molecule has 2 rings (SSSR count). The van der Waals surface area contributed by atoms with Gasteiger partial charge in [0.05, 0.1) is 13.2 Å². The van der Waals surface area contributed by atoms with Gasteiger partial charge in [0.15, 0.2) is 0 Å². The summed E-state index contributed by atoms with van der Waals surface area (Å²) in [5, 5.41) is 7.07. The van der Waals surface area contributed by atoms with Crippen molar-refractivity contribution in [1.82, 2.24) is 15.5 Å². The minimum Gasteiger partial charge on any atom is -0.444 e. The van der Waals surface area contributed by atoms with E-state index in [0.29, 0.717) is 18.6 Å². The molecule has 6 nitrogen and oxygen atoms in total. The van der Waals surface area contributed by atoms with Gasteiger partial charge >= 0.3 is 6.09 Å². The smallest absolute Gasteiger partial charge is 0.410 e. The summed E-state index contributed by atoms with van der Waals surface area (Å²) in [6.07, 6.45) is 3.90. The van der Waals surface area contributed by atoms with Gasteiger partial charge in [0.1, 0.15) is 5.60 Å². The molecule has 2 aliphatic rings. The molecule has 2 aliphatic heterocycles. The van der Waals surface area contributed by atoms with Gasteiger partial charge in [0, 0.05) is 38.3 Å². The molecule has 2 heterocycles. The molecular weight excluding hydrogens is 306 g/mol. The van der Waals surface area contributed by atoms with Crippen molar-refractivity contribution in [2.24, 2.45) is 0 Å². The molecule has 0 aromatic carbocycles. The van der Waals surface area contributed by atoms with Gasteiger partial charge in [0.2, 0.25) is 0 Å². The number of nitrogens with zero attached hydrogens (tertiary/aromatic N) is 1. The minimum absolute atomic E-state index is 0.220. The first kappa shape index (κ1) is 19.2. The van der Waals surface area contributed by atoms with Gasteiger partial charge in [-0.25, -0.2) is 4.79 Å². The third-order valence-electron chi connectivity index (χ3n) is 4.27. The number of rotatable bonds is 5. The number of hydrogen-bond donors (Lipinski definition) is 2. The number of ether oxygens (including phenoxy) is 2. The summed E-state index contributed by atoms with van der Waals surface area (Å²) in [5.41, 5.74) is 0.934. The zero-order valence-electron chi connectivity index (χ0n) is 15.6. The van der Waals surface area contributed by atoms with Gasteiger partial charge in [0.25, 0.3) is 0 Å². The van der Waals surface area contributed by atoms with E-state index in [1.54, 1.807) is 4.90 Å². The molecule has 6 heteroatoms. The molecule has 0 saturated carbocycles. The van der Waals surface area contributed by atoms with Crippen LogP contribution in [0, 0.1) is 0 Å². The summed E-state index contributed by atoms with van der Waals surface area (Å²) in [7, 11) is 0. The lowest BCUT2D eigenvalue weighted by Gasteiger charge is -2.30. The number of morpholine rings is 1. The number of hydrogen-bond acceptors (Lipinski definition) is 5. The quantitative estimate of drug-likeness (QED) is 0.749. The lowest BCUT2D eigenvalue weighted by molar-refractivity contribution is 0.0265. The third-order valence-corrected chi connectivity index (χ3v) is 4.27. The number of carbonyl (C=O) groups excluding carboxylic acids is 1. The monoisotopic (exact) mass is 339 g/mol. The summed E-state index contributed by atoms with van der Waals surface area (Å²) >= 11 is 0. The van der Waals surface area contributed by atoms with Crippen LogP contribution in [-0.2, 0) is 9.47 Å². The summed E-state index contributed by atoms with van der Waals surface area (Å²) in [5.74, 6) is 0. The SMILES string of the molecule is CC(CC1COCCN1)NCC1=CCN(C(=O)OC(C)(C)C)CC1. The average molecular weight is 339 g/mol. The summed E-state index contributed by atoms with van der Waals surface area (Å²) in [6.45, 7) is 12.7. The summed E-state index contributed by atoms with van der Waals surface area (Å²) in [4.78, 5) is 13.8. The van der Waals surface area contributed by atoms with Crippen LogP contribution in [0.3, 0.4) is 0 Å². The Kier molecular flexibility index (Phi) is 7.07. The van der Waals surface area contributed by atoms with Crippen molar-refractivity contribution in [1.29, 1.82) is 0 Å². The fourth-order valence-electron chi connectivity index (χ4n) is 2.95. The summed E-state index contributed by atoms with van der Waals surface area (Å²) in [6, 6.07) is 0.887. The fraction of sp³-hybridized carbons (Fsp3) is 0.833. The van der Waals surface area contributed by atoms with Crippen LogP contribution < -0.4 is 10.6 Å². The molecule has 2 unspecified atom stereocenters. The Morgan fingerprint density at radius 2 is 2.33 bits per heavy atom. The summed E-state index contributed by atoms with van der Waals surface area (Å²) < 4.78 is 10.9. The van der Waals surface area contributed by atoms with E-state index in [9.17, 15) is 4.79 Å². The molecule has 24 heavy (non-hydrogen) atoms. The number of amides is 1. The van der Waals surface area contributed by atoms with Gasteiger partial charge in [-0.3, -0.25) is 0 Å². The zero-order valence-corrected chi connectivity index (χ0v) is 15.6. The van der Waals surface area contributed by atoms with Crippen LogP contribution in [0.15, 0.2) is 11.6 Å². The molecule has 138 valence electrons. The Hall–Kier alpha value is -1.11. The first-order valence-electron chi connectivity index (χ1n) is 9.04. The van der Waals surface area contributed by atoms with E-state index in [1.807, 2.05) is 20.8 Å². The molecule has 0 spiro atoms. The van der Waals surface area contributed by atoms with E-state index in [1.165, 1.54) is 5.57 Å². The van der Waals surface area contributed by atoms with E-state index in [2.05, 4.69) is 23.6 Å². The van der Waals surface area contributed by atoms with Crippen LogP contribution in [0.5, 0.6) is 0 Å². The molecule has 0 aromatic heterocycles. The van der Waals surface area contributed by atoms with Crippen molar-refractivity contribution in [2.75, 3.05) is 39.4 Å². The molecule has 0 bridgehead atoms. The Morgan fingerprint density at radius 1 is 1.54 bits per heavy atom. The van der Waals surface area contributed by atoms with Crippen molar-refractivity contribution in [3.05, 3.63) is 11.6 Å². The van der Waals surface area contributed by atoms with Crippen molar-refractivity contribution in [3.63, 3.8) is 0 Å². The third kappa shape index (κ3) is 6.79. The van der Waals surface area contributed by atoms with Crippen LogP contribution in [0.4, 0.5) is 4.79 Å². The van der Waals surface area contributed by atoms with Crippen LogP contribution in [0.2, 0.25) is 0 Å². The normalized spacial score (nSPS) is 23.6. The van der Waals surface area contributed by atoms with Crippen molar-refractivity contribution >= 4 is 6.09 Å². The van der Waals surface area contributed by atoms with Crippen LogP contribution >= 0.6 is 0 Å². The standard InChI is InChI=1S/C18H33N3O3/c1-14(11-16-13-23-10-7-19-16)20-12-15-5-8-21(9-6-15)17(22)24-18(2,3)4/h5,14,16,19-20H,6-13H2,1-4H3. The van der Waals surface area contributed by atoms with Gasteiger partial charge in [-0.2, -0.15) is 0 Å². The Bertz CT molecular complexity index is 439. The van der Waals surface area contributed by atoms with E-state index in [-0.39, 0.29) is 6.09 Å². The average Bonchev–Trinajstić information content (AvgIpc) is 2.53. The van der Waals surface area contributed by atoms with Crippen LogP contribution in [-0.4, -0.2) is 68.1 Å². The highest BCUT2D eigenvalue weighted by molar-refractivity contribution is 5.68. The van der Waals surface area contributed by atoms with Crippen LogP contribution in [0.1, 0.15) is 40.5 Å². The molecular formula is C18H33N3O3. The predicted molar refractivity (Wildman–Crippen MR) is 95.2 cm³/mol. The van der Waals surface area contributed by atoms with Gasteiger partial charge in [-0.05, 0) is 40.5 Å². The van der Waals surface area contributed by atoms with E-state index in [4.69, 9.17) is 9.47 Å². The van der Waals surface area contributed by atoms with E-state index >= 15 is 0 Å². The highest BCUT2D eigenvalue weighted by Gasteiger charge is 2.23. The minimum atomic E-state index is -0.436. The molecule has 0 aliphatic carbocycles. The number of carbonyl (C=O) groups is 1. The number of nitrogens with one attached hydrogen (secondary N) is 2. The highest BCUT2D eigenvalue weighted by Crippen LogP contribution is 2.15. The van der Waals surface area contributed by atoms with Crippen molar-refractivity contribution < 1.29 is 14.3 Å². The Balaban J connectivity index is 1.68. The molecule has 1 amide bonds. The second kappa shape index (κ2) is 8.83. The lowest BCUT2D eigenvalue weighted by Crippen LogP contribution is -2.45. The van der Waals surface area contributed by atoms with Crippen molar-refractivity contribution in [2.45, 2.75) is 58.2 Å². The largest absolute Gasteiger partial charge is 0.444 e. The maximum atomic E-state index is 12.0. The van der Waals surface area contributed by atoms with Crippen LogP contribution in [0.25, 0.3) is 0 Å². The molecule has 2 atom stereocenters. The molecule has 1 fully saturated rings.